The summed E-state index contributed by atoms with van der Waals surface area (Å²) >= 11 is 6.14. The van der Waals surface area contributed by atoms with E-state index in [1.54, 1.807) is 18.2 Å². The van der Waals surface area contributed by atoms with E-state index < -0.39 is 17.9 Å². The van der Waals surface area contributed by atoms with Crippen molar-refractivity contribution in [2.24, 2.45) is 0 Å². The molecule has 1 fully saturated rings. The number of carbonyl (C=O) groups excluding carboxylic acids is 3. The number of halogens is 1. The molecule has 3 aliphatic rings. The summed E-state index contributed by atoms with van der Waals surface area (Å²) in [6, 6.07) is 10.5. The molecule has 2 aromatic carbocycles. The molecule has 0 spiro atoms. The monoisotopic (exact) mass is 501 g/mol. The first-order valence-corrected chi connectivity index (χ1v) is 12.3. The van der Waals surface area contributed by atoms with Gasteiger partial charge in [-0.1, -0.05) is 30.3 Å². The quantitative estimate of drug-likeness (QED) is 0.514. The maximum Gasteiger partial charge on any atom is 0.264 e. The van der Waals surface area contributed by atoms with Gasteiger partial charge in [-0.2, -0.15) is 5.10 Å². The number of benzene rings is 2. The topological polar surface area (TPSA) is 96.3 Å². The number of allylic oxidation sites excluding steroid dienone is 1. The number of hydrogen-bond donors (Lipinski definition) is 2. The second kappa shape index (κ2) is 8.64. The summed E-state index contributed by atoms with van der Waals surface area (Å²) in [5.41, 5.74) is 5.21. The Hall–Kier alpha value is -3.91. The molecule has 182 valence electrons. The van der Waals surface area contributed by atoms with Crippen molar-refractivity contribution in [3.8, 4) is 0 Å². The van der Waals surface area contributed by atoms with E-state index in [0.29, 0.717) is 41.9 Å². The number of piperidine rings is 1. The van der Waals surface area contributed by atoms with Gasteiger partial charge in [-0.3, -0.25) is 24.0 Å². The van der Waals surface area contributed by atoms with Gasteiger partial charge in [0.2, 0.25) is 5.91 Å². The third-order valence-electron chi connectivity index (χ3n) is 7.19. The zero-order chi connectivity index (χ0) is 25.0. The molecular weight excluding hydrogens is 478 g/mol. The van der Waals surface area contributed by atoms with Crippen molar-refractivity contribution in [1.29, 1.82) is 0 Å². The van der Waals surface area contributed by atoms with Crippen LogP contribution in [0.25, 0.3) is 0 Å². The first-order chi connectivity index (χ1) is 17.4. The Kier molecular flexibility index (Phi) is 5.41. The number of fused-ring (bicyclic) bond motifs is 2. The van der Waals surface area contributed by atoms with Crippen molar-refractivity contribution < 1.29 is 14.4 Å². The number of imide groups is 1. The van der Waals surface area contributed by atoms with Crippen LogP contribution in [-0.4, -0.2) is 38.4 Å². The Morgan fingerprint density at radius 2 is 1.92 bits per heavy atom. The standard InChI is InChI=1S/C27H24ClN5O3/c1-15-5-9-23(25(34)31-15)33-26(35)20-3-2-4-21(24(20)27(33)36)29-12-16-13-30-32(14-16)22-10-6-17-11-18(28)7-8-19(17)22/h2-4,7-8,11,13-14,22-23,29H,1,5-6,9-10,12H2,(H,31,34)/t22-,23?/m1/s1. The average Bonchev–Trinajstić information content (AvgIpc) is 3.55. The predicted octanol–water partition coefficient (Wildman–Crippen LogP) is 4.07. The molecule has 3 heterocycles. The van der Waals surface area contributed by atoms with Crippen LogP contribution in [0.2, 0.25) is 5.02 Å². The van der Waals surface area contributed by atoms with Gasteiger partial charge in [0.05, 0.1) is 23.4 Å². The molecule has 6 rings (SSSR count). The molecular formula is C27H24ClN5O3. The second-order valence-corrected chi connectivity index (χ2v) is 9.87. The molecule has 8 nitrogen and oxygen atoms in total. The number of nitrogens with one attached hydrogen (secondary N) is 2. The van der Waals surface area contributed by atoms with Crippen LogP contribution >= 0.6 is 11.6 Å². The molecule has 0 bridgehead atoms. The fraction of sp³-hybridized carbons (Fsp3) is 0.259. The summed E-state index contributed by atoms with van der Waals surface area (Å²) in [5, 5.41) is 11.3. The molecule has 3 amide bonds. The first-order valence-electron chi connectivity index (χ1n) is 12.0. The lowest BCUT2D eigenvalue weighted by molar-refractivity contribution is -0.125. The SMILES string of the molecule is C=C1CCC(N2C(=O)c3cccc(NCc4cnn([C@@H]5CCc6cc(Cl)ccc65)c4)c3C2=O)C(=O)N1. The third-order valence-corrected chi connectivity index (χ3v) is 7.42. The number of aromatic nitrogens is 2. The molecule has 3 aromatic rings. The number of amides is 3. The van der Waals surface area contributed by atoms with Crippen molar-refractivity contribution in [2.45, 2.75) is 44.3 Å². The van der Waals surface area contributed by atoms with Crippen molar-refractivity contribution in [3.63, 3.8) is 0 Å². The van der Waals surface area contributed by atoms with Gasteiger partial charge >= 0.3 is 0 Å². The van der Waals surface area contributed by atoms with Crippen LogP contribution in [-0.2, 0) is 17.8 Å². The van der Waals surface area contributed by atoms with Crippen LogP contribution in [0.5, 0.6) is 0 Å². The van der Waals surface area contributed by atoms with E-state index in [9.17, 15) is 14.4 Å². The van der Waals surface area contributed by atoms with Crippen LogP contribution in [0.1, 0.15) is 62.7 Å². The zero-order valence-corrected chi connectivity index (χ0v) is 20.2. The van der Waals surface area contributed by atoms with Gasteiger partial charge in [-0.15, -0.1) is 0 Å². The van der Waals surface area contributed by atoms with Crippen molar-refractivity contribution in [3.05, 3.63) is 93.9 Å². The molecule has 1 unspecified atom stereocenters. The Bertz CT molecular complexity index is 1440. The van der Waals surface area contributed by atoms with Gasteiger partial charge in [-0.05, 0) is 61.1 Å². The molecule has 2 aliphatic heterocycles. The molecule has 1 aromatic heterocycles. The Morgan fingerprint density at radius 3 is 2.75 bits per heavy atom. The van der Waals surface area contributed by atoms with Crippen molar-refractivity contribution >= 4 is 35.0 Å². The minimum absolute atomic E-state index is 0.164. The third kappa shape index (κ3) is 3.69. The van der Waals surface area contributed by atoms with Crippen LogP contribution < -0.4 is 10.6 Å². The number of rotatable bonds is 5. The van der Waals surface area contributed by atoms with Crippen molar-refractivity contribution in [1.82, 2.24) is 20.0 Å². The largest absolute Gasteiger partial charge is 0.380 e. The van der Waals surface area contributed by atoms with Gasteiger partial charge in [0.25, 0.3) is 11.8 Å². The Morgan fingerprint density at radius 1 is 1.08 bits per heavy atom. The summed E-state index contributed by atoms with van der Waals surface area (Å²) in [7, 11) is 0. The molecule has 0 radical (unpaired) electrons. The molecule has 2 atom stereocenters. The fourth-order valence-corrected chi connectivity index (χ4v) is 5.61. The Balaban J connectivity index is 1.20. The lowest BCUT2D eigenvalue weighted by atomic mass is 10.0. The summed E-state index contributed by atoms with van der Waals surface area (Å²) in [6.07, 6.45) is 6.63. The fourth-order valence-electron chi connectivity index (χ4n) is 5.42. The van der Waals surface area contributed by atoms with E-state index in [1.165, 1.54) is 11.1 Å². The molecule has 0 saturated carbocycles. The van der Waals surface area contributed by atoms with Crippen molar-refractivity contribution in [2.75, 3.05) is 5.32 Å². The van der Waals surface area contributed by atoms with Crippen LogP contribution in [0.15, 0.2) is 61.1 Å². The van der Waals surface area contributed by atoms with E-state index in [4.69, 9.17) is 11.6 Å². The van der Waals surface area contributed by atoms with Gasteiger partial charge in [0.1, 0.15) is 6.04 Å². The highest BCUT2D eigenvalue weighted by molar-refractivity contribution is 6.30. The number of aryl methyl sites for hydroxylation is 1. The highest BCUT2D eigenvalue weighted by Gasteiger charge is 2.45. The average molecular weight is 502 g/mol. The van der Waals surface area contributed by atoms with E-state index >= 15 is 0 Å². The van der Waals surface area contributed by atoms with E-state index in [0.717, 1.165) is 28.3 Å². The first kappa shape index (κ1) is 22.5. The zero-order valence-electron chi connectivity index (χ0n) is 19.5. The lowest BCUT2D eigenvalue weighted by Crippen LogP contribution is -2.51. The molecule has 1 aliphatic carbocycles. The number of carbonyl (C=O) groups is 3. The van der Waals surface area contributed by atoms with E-state index in [-0.39, 0.29) is 11.9 Å². The maximum atomic E-state index is 13.3. The highest BCUT2D eigenvalue weighted by atomic mass is 35.5. The number of hydrogen-bond acceptors (Lipinski definition) is 5. The predicted molar refractivity (Wildman–Crippen MR) is 135 cm³/mol. The molecule has 36 heavy (non-hydrogen) atoms. The summed E-state index contributed by atoms with van der Waals surface area (Å²) in [4.78, 5) is 40.0. The molecule has 9 heteroatoms. The van der Waals surface area contributed by atoms with Crippen LogP contribution in [0.4, 0.5) is 5.69 Å². The smallest absolute Gasteiger partial charge is 0.264 e. The van der Waals surface area contributed by atoms with Gasteiger partial charge in [0, 0.05) is 34.7 Å². The van der Waals surface area contributed by atoms with Crippen LogP contribution in [0, 0.1) is 0 Å². The minimum atomic E-state index is -0.835. The summed E-state index contributed by atoms with van der Waals surface area (Å²) < 4.78 is 1.97. The van der Waals surface area contributed by atoms with E-state index in [2.05, 4.69) is 28.4 Å². The number of nitrogens with zero attached hydrogens (tertiary/aromatic N) is 3. The minimum Gasteiger partial charge on any atom is -0.380 e. The van der Waals surface area contributed by atoms with Crippen LogP contribution in [0.3, 0.4) is 0 Å². The highest BCUT2D eigenvalue weighted by Crippen LogP contribution is 2.36. The normalized spacial score (nSPS) is 21.0. The lowest BCUT2D eigenvalue weighted by Gasteiger charge is -2.29. The van der Waals surface area contributed by atoms with Gasteiger partial charge in [0.15, 0.2) is 0 Å². The molecule has 2 N–H and O–H groups in total. The summed E-state index contributed by atoms with van der Waals surface area (Å²) in [6.45, 7) is 4.20. The molecule has 1 saturated heterocycles. The van der Waals surface area contributed by atoms with E-state index in [1.807, 2.05) is 29.2 Å². The number of anilines is 1. The van der Waals surface area contributed by atoms with Gasteiger partial charge in [-0.25, -0.2) is 0 Å². The van der Waals surface area contributed by atoms with Gasteiger partial charge < -0.3 is 10.6 Å². The Labute approximate surface area is 212 Å². The maximum absolute atomic E-state index is 13.3. The summed E-state index contributed by atoms with van der Waals surface area (Å²) in [5.74, 6) is -1.28. The second-order valence-electron chi connectivity index (χ2n) is 9.44.